The molecule has 0 spiro atoms. The van der Waals surface area contributed by atoms with Crippen LogP contribution >= 0.6 is 0 Å². The van der Waals surface area contributed by atoms with Gasteiger partial charge in [0.2, 0.25) is 11.8 Å². The lowest BCUT2D eigenvalue weighted by molar-refractivity contribution is -0.160. The van der Waals surface area contributed by atoms with Gasteiger partial charge in [-0.05, 0) is 48.0 Å². The van der Waals surface area contributed by atoms with Crippen molar-refractivity contribution in [2.75, 3.05) is 0 Å². The SMILES string of the molecule is CC(C)(C)OC(=O)CC[C@H](N)C(=O)N[C@@H](CC(N)=O)C(=O)OC(C)(C)C. The number of rotatable bonds is 8. The Morgan fingerprint density at radius 1 is 0.962 bits per heavy atom. The zero-order valence-electron chi connectivity index (χ0n) is 16.4. The maximum atomic E-state index is 12.2. The summed E-state index contributed by atoms with van der Waals surface area (Å²) in [6, 6.07) is -2.30. The van der Waals surface area contributed by atoms with Gasteiger partial charge >= 0.3 is 11.9 Å². The fourth-order valence-electron chi connectivity index (χ4n) is 1.84. The highest BCUT2D eigenvalue weighted by Gasteiger charge is 2.30. The van der Waals surface area contributed by atoms with E-state index in [0.29, 0.717) is 0 Å². The van der Waals surface area contributed by atoms with Crippen molar-refractivity contribution in [2.24, 2.45) is 11.5 Å². The van der Waals surface area contributed by atoms with Gasteiger partial charge in [-0.15, -0.1) is 0 Å². The molecule has 0 heterocycles. The van der Waals surface area contributed by atoms with E-state index in [1.54, 1.807) is 41.5 Å². The number of ether oxygens (including phenoxy) is 2. The Morgan fingerprint density at radius 2 is 1.46 bits per heavy atom. The quantitative estimate of drug-likeness (QED) is 0.512. The number of hydrogen-bond donors (Lipinski definition) is 3. The molecule has 0 bridgehead atoms. The van der Waals surface area contributed by atoms with E-state index in [1.807, 2.05) is 0 Å². The number of esters is 2. The molecule has 0 aliphatic carbocycles. The van der Waals surface area contributed by atoms with Crippen LogP contribution in [0.25, 0.3) is 0 Å². The van der Waals surface area contributed by atoms with Crippen LogP contribution in [0, 0.1) is 0 Å². The van der Waals surface area contributed by atoms with Crippen LogP contribution in [-0.2, 0) is 28.7 Å². The first-order valence-electron chi connectivity index (χ1n) is 8.39. The molecule has 9 heteroatoms. The van der Waals surface area contributed by atoms with Crippen molar-refractivity contribution in [3.05, 3.63) is 0 Å². The molecule has 5 N–H and O–H groups in total. The predicted molar refractivity (Wildman–Crippen MR) is 94.6 cm³/mol. The molecule has 0 rings (SSSR count). The molecule has 0 aromatic heterocycles. The van der Waals surface area contributed by atoms with Crippen molar-refractivity contribution in [1.29, 1.82) is 0 Å². The summed E-state index contributed by atoms with van der Waals surface area (Å²) in [5, 5.41) is 2.35. The van der Waals surface area contributed by atoms with E-state index >= 15 is 0 Å². The second-order valence-corrected chi connectivity index (χ2v) is 8.00. The highest BCUT2D eigenvalue weighted by Crippen LogP contribution is 2.11. The van der Waals surface area contributed by atoms with Crippen molar-refractivity contribution in [2.45, 2.75) is 84.1 Å². The van der Waals surface area contributed by atoms with Crippen LogP contribution in [0.15, 0.2) is 0 Å². The summed E-state index contributed by atoms with van der Waals surface area (Å²) in [6.45, 7) is 10.1. The minimum absolute atomic E-state index is 0.0261. The van der Waals surface area contributed by atoms with Crippen LogP contribution in [0.1, 0.15) is 60.8 Å². The maximum Gasteiger partial charge on any atom is 0.329 e. The number of hydrogen-bond acceptors (Lipinski definition) is 7. The molecular formula is C17H31N3O6. The number of carbonyl (C=O) groups excluding carboxylic acids is 4. The lowest BCUT2D eigenvalue weighted by Crippen LogP contribution is -2.51. The molecule has 2 amide bonds. The Hall–Kier alpha value is -2.16. The lowest BCUT2D eigenvalue weighted by Gasteiger charge is -2.25. The molecule has 2 atom stereocenters. The monoisotopic (exact) mass is 373 g/mol. The first-order valence-corrected chi connectivity index (χ1v) is 8.39. The Balaban J connectivity index is 4.74. The molecule has 0 aromatic carbocycles. The molecule has 0 fully saturated rings. The van der Waals surface area contributed by atoms with Crippen molar-refractivity contribution >= 4 is 23.8 Å². The summed E-state index contributed by atoms with van der Waals surface area (Å²) in [4.78, 5) is 47.1. The van der Waals surface area contributed by atoms with Crippen molar-refractivity contribution in [3.63, 3.8) is 0 Å². The van der Waals surface area contributed by atoms with Crippen LogP contribution in [0.2, 0.25) is 0 Å². The minimum Gasteiger partial charge on any atom is -0.460 e. The van der Waals surface area contributed by atoms with Gasteiger partial charge in [-0.1, -0.05) is 0 Å². The summed E-state index contributed by atoms with van der Waals surface area (Å²) >= 11 is 0. The standard InChI is InChI=1S/C17H31N3O6/c1-16(2,3)25-13(22)8-7-10(18)14(23)20-11(9-12(19)21)15(24)26-17(4,5)6/h10-11H,7-9,18H2,1-6H3,(H2,19,21)(H,20,23)/t10-,11-/m0/s1. The van der Waals surface area contributed by atoms with Gasteiger partial charge in [0, 0.05) is 6.42 Å². The van der Waals surface area contributed by atoms with Crippen LogP contribution in [0.4, 0.5) is 0 Å². The first kappa shape index (κ1) is 23.8. The van der Waals surface area contributed by atoms with Gasteiger partial charge in [0.15, 0.2) is 0 Å². The summed E-state index contributed by atoms with van der Waals surface area (Å²) in [6.07, 6.45) is -0.448. The number of carbonyl (C=O) groups is 4. The number of nitrogens with one attached hydrogen (secondary N) is 1. The van der Waals surface area contributed by atoms with Crippen LogP contribution in [-0.4, -0.2) is 47.0 Å². The third-order valence-corrected chi connectivity index (χ3v) is 2.83. The highest BCUT2D eigenvalue weighted by atomic mass is 16.6. The van der Waals surface area contributed by atoms with E-state index in [-0.39, 0.29) is 12.8 Å². The fourth-order valence-corrected chi connectivity index (χ4v) is 1.84. The van der Waals surface area contributed by atoms with Crippen LogP contribution in [0.5, 0.6) is 0 Å². The van der Waals surface area contributed by atoms with E-state index in [2.05, 4.69) is 5.32 Å². The third-order valence-electron chi connectivity index (χ3n) is 2.83. The average Bonchev–Trinajstić information content (AvgIpc) is 2.39. The second kappa shape index (κ2) is 9.51. The van der Waals surface area contributed by atoms with E-state index in [9.17, 15) is 19.2 Å². The zero-order chi connectivity index (χ0) is 20.7. The molecule has 0 saturated heterocycles. The van der Waals surface area contributed by atoms with E-state index in [1.165, 1.54) is 0 Å². The summed E-state index contributed by atoms with van der Waals surface area (Å²) in [7, 11) is 0. The maximum absolute atomic E-state index is 12.2. The van der Waals surface area contributed by atoms with Gasteiger partial charge < -0.3 is 26.3 Å². The average molecular weight is 373 g/mol. The first-order chi connectivity index (χ1) is 11.6. The molecule has 26 heavy (non-hydrogen) atoms. The molecule has 0 unspecified atom stereocenters. The Morgan fingerprint density at radius 3 is 1.88 bits per heavy atom. The van der Waals surface area contributed by atoms with Gasteiger partial charge in [-0.2, -0.15) is 0 Å². The molecule has 0 aliphatic heterocycles. The van der Waals surface area contributed by atoms with E-state index < -0.39 is 53.5 Å². The Labute approximate surface area is 154 Å². The van der Waals surface area contributed by atoms with Crippen molar-refractivity contribution in [3.8, 4) is 0 Å². The number of primary amides is 1. The number of nitrogens with two attached hydrogens (primary N) is 2. The predicted octanol–water partition coefficient (Wildman–Crippen LogP) is 0.138. The summed E-state index contributed by atoms with van der Waals surface area (Å²) in [5.74, 6) is -2.74. The van der Waals surface area contributed by atoms with Gasteiger partial charge in [0.1, 0.15) is 17.2 Å². The zero-order valence-corrected chi connectivity index (χ0v) is 16.4. The lowest BCUT2D eigenvalue weighted by atomic mass is 10.1. The third kappa shape index (κ3) is 11.4. The topological polar surface area (TPSA) is 151 Å². The molecule has 150 valence electrons. The fraction of sp³-hybridized carbons (Fsp3) is 0.765. The summed E-state index contributed by atoms with van der Waals surface area (Å²) < 4.78 is 10.3. The van der Waals surface area contributed by atoms with Crippen molar-refractivity contribution in [1.82, 2.24) is 5.32 Å². The molecule has 0 aliphatic rings. The van der Waals surface area contributed by atoms with Gasteiger partial charge in [0.05, 0.1) is 12.5 Å². The second-order valence-electron chi connectivity index (χ2n) is 8.00. The largest absolute Gasteiger partial charge is 0.460 e. The van der Waals surface area contributed by atoms with Crippen LogP contribution in [0.3, 0.4) is 0 Å². The van der Waals surface area contributed by atoms with E-state index in [4.69, 9.17) is 20.9 Å². The van der Waals surface area contributed by atoms with Gasteiger partial charge in [-0.25, -0.2) is 4.79 Å². The Kier molecular flexibility index (Phi) is 8.72. The van der Waals surface area contributed by atoms with E-state index in [0.717, 1.165) is 0 Å². The highest BCUT2D eigenvalue weighted by molar-refractivity contribution is 5.91. The van der Waals surface area contributed by atoms with Gasteiger partial charge in [0.25, 0.3) is 0 Å². The van der Waals surface area contributed by atoms with Crippen molar-refractivity contribution < 1.29 is 28.7 Å². The molecular weight excluding hydrogens is 342 g/mol. The number of amides is 2. The molecule has 0 saturated carbocycles. The van der Waals surface area contributed by atoms with Gasteiger partial charge in [-0.3, -0.25) is 14.4 Å². The Bertz CT molecular complexity index is 534. The molecule has 0 radical (unpaired) electrons. The molecule has 0 aromatic rings. The molecule has 9 nitrogen and oxygen atoms in total. The summed E-state index contributed by atoms with van der Waals surface area (Å²) in [5.41, 5.74) is 9.43. The minimum atomic E-state index is -1.24. The normalized spacial score (nSPS) is 14.1. The van der Waals surface area contributed by atoms with Crippen LogP contribution < -0.4 is 16.8 Å². The smallest absolute Gasteiger partial charge is 0.329 e.